The van der Waals surface area contributed by atoms with Gasteiger partial charge >= 0.3 is 5.97 Å². The summed E-state index contributed by atoms with van der Waals surface area (Å²) in [6, 6.07) is 21.6. The molecule has 1 heterocycles. The molecule has 1 saturated heterocycles. The van der Waals surface area contributed by atoms with Gasteiger partial charge in [-0.2, -0.15) is 5.26 Å². The van der Waals surface area contributed by atoms with E-state index in [9.17, 15) is 15.2 Å². The van der Waals surface area contributed by atoms with E-state index in [0.29, 0.717) is 23.6 Å². The van der Waals surface area contributed by atoms with E-state index < -0.39 is 12.0 Å². The molecule has 1 atom stereocenters. The molecule has 0 spiro atoms. The van der Waals surface area contributed by atoms with E-state index in [4.69, 9.17) is 11.6 Å². The van der Waals surface area contributed by atoms with Crippen LogP contribution in [-0.4, -0.2) is 28.6 Å². The number of likely N-dealkylation sites (tertiary alicyclic amines) is 1. The monoisotopic (exact) mass is 470 g/mol. The SMILES string of the molecule is Cc1cc(C=Cc2cccc(-c3ccccc3)c2C#N)c(Cl)cc1CN1CCCCC1C(=O)O. The first kappa shape index (κ1) is 23.8. The van der Waals surface area contributed by atoms with Crippen molar-refractivity contribution in [2.45, 2.75) is 38.8 Å². The maximum Gasteiger partial charge on any atom is 0.320 e. The van der Waals surface area contributed by atoms with Gasteiger partial charge in [0.15, 0.2) is 0 Å². The summed E-state index contributed by atoms with van der Waals surface area (Å²) in [6.07, 6.45) is 6.52. The van der Waals surface area contributed by atoms with E-state index in [0.717, 1.165) is 52.8 Å². The van der Waals surface area contributed by atoms with Gasteiger partial charge < -0.3 is 5.11 Å². The van der Waals surface area contributed by atoms with Crippen LogP contribution in [-0.2, 0) is 11.3 Å². The van der Waals surface area contributed by atoms with Crippen LogP contribution in [0.1, 0.15) is 47.1 Å². The zero-order valence-corrected chi connectivity index (χ0v) is 19.9. The average molecular weight is 471 g/mol. The Hall–Kier alpha value is -3.39. The Kier molecular flexibility index (Phi) is 7.47. The van der Waals surface area contributed by atoms with Crippen LogP contribution < -0.4 is 0 Å². The van der Waals surface area contributed by atoms with E-state index in [1.165, 1.54) is 0 Å². The number of nitrogens with zero attached hydrogens (tertiary/aromatic N) is 2. The summed E-state index contributed by atoms with van der Waals surface area (Å²) >= 11 is 6.63. The van der Waals surface area contributed by atoms with Gasteiger partial charge in [-0.3, -0.25) is 9.69 Å². The molecule has 1 aliphatic rings. The van der Waals surface area contributed by atoms with Crippen molar-refractivity contribution in [3.05, 3.63) is 93.5 Å². The molecule has 1 N–H and O–H groups in total. The molecule has 5 heteroatoms. The fraction of sp³-hybridized carbons (Fsp3) is 0.241. The summed E-state index contributed by atoms with van der Waals surface area (Å²) in [5, 5.41) is 20.0. The number of rotatable bonds is 6. The van der Waals surface area contributed by atoms with Gasteiger partial charge in [0.05, 0.1) is 5.56 Å². The number of aliphatic carboxylic acids is 1. The zero-order valence-electron chi connectivity index (χ0n) is 19.2. The normalized spacial score (nSPS) is 16.4. The largest absolute Gasteiger partial charge is 0.480 e. The predicted molar refractivity (Wildman–Crippen MR) is 137 cm³/mol. The Bertz CT molecular complexity index is 1260. The summed E-state index contributed by atoms with van der Waals surface area (Å²) < 4.78 is 0. The number of hydrogen-bond donors (Lipinski definition) is 1. The van der Waals surface area contributed by atoms with Crippen LogP contribution in [0.2, 0.25) is 5.02 Å². The summed E-state index contributed by atoms with van der Waals surface area (Å²) in [5.74, 6) is -0.756. The molecule has 4 rings (SSSR count). The van der Waals surface area contributed by atoms with Crippen molar-refractivity contribution in [3.8, 4) is 17.2 Å². The lowest BCUT2D eigenvalue weighted by molar-refractivity contribution is -0.144. The van der Waals surface area contributed by atoms with Crippen LogP contribution in [0.5, 0.6) is 0 Å². The maximum absolute atomic E-state index is 11.6. The lowest BCUT2D eigenvalue weighted by atomic mass is 9.95. The van der Waals surface area contributed by atoms with Gasteiger partial charge in [0.2, 0.25) is 0 Å². The molecule has 0 saturated carbocycles. The molecular weight excluding hydrogens is 444 g/mol. The van der Waals surface area contributed by atoms with Gasteiger partial charge in [-0.15, -0.1) is 0 Å². The minimum Gasteiger partial charge on any atom is -0.480 e. The molecule has 1 fully saturated rings. The minimum absolute atomic E-state index is 0.437. The third-order valence-corrected chi connectivity index (χ3v) is 6.79. The second-order valence-electron chi connectivity index (χ2n) is 8.70. The number of piperidine rings is 1. The topological polar surface area (TPSA) is 64.3 Å². The molecule has 3 aromatic rings. The molecule has 34 heavy (non-hydrogen) atoms. The third kappa shape index (κ3) is 5.22. The Morgan fingerprint density at radius 1 is 1.12 bits per heavy atom. The van der Waals surface area contributed by atoms with Gasteiger partial charge in [-0.05, 0) is 60.2 Å². The van der Waals surface area contributed by atoms with Gasteiger partial charge in [-0.1, -0.05) is 84.8 Å². The smallest absolute Gasteiger partial charge is 0.320 e. The predicted octanol–water partition coefficient (Wildman–Crippen LogP) is 6.80. The first-order chi connectivity index (χ1) is 16.5. The second-order valence-corrected chi connectivity index (χ2v) is 9.11. The first-order valence-corrected chi connectivity index (χ1v) is 11.9. The number of nitriles is 1. The van der Waals surface area contributed by atoms with Crippen LogP contribution >= 0.6 is 11.6 Å². The van der Waals surface area contributed by atoms with Crippen molar-refractivity contribution >= 4 is 29.7 Å². The van der Waals surface area contributed by atoms with Crippen molar-refractivity contribution in [3.63, 3.8) is 0 Å². The van der Waals surface area contributed by atoms with Gasteiger partial charge in [0.25, 0.3) is 0 Å². The quantitative estimate of drug-likeness (QED) is 0.402. The van der Waals surface area contributed by atoms with Gasteiger partial charge in [-0.25, -0.2) is 0 Å². The molecule has 0 aromatic heterocycles. The number of halogens is 1. The molecule has 0 bridgehead atoms. The van der Waals surface area contributed by atoms with Crippen molar-refractivity contribution in [1.82, 2.24) is 4.90 Å². The Balaban J connectivity index is 1.60. The molecule has 1 unspecified atom stereocenters. The minimum atomic E-state index is -0.756. The number of carbonyl (C=O) groups is 1. The van der Waals surface area contributed by atoms with Crippen LogP contribution in [0.4, 0.5) is 0 Å². The van der Waals surface area contributed by atoms with E-state index in [1.807, 2.05) is 84.6 Å². The van der Waals surface area contributed by atoms with Crippen LogP contribution in [0.25, 0.3) is 23.3 Å². The number of hydrogen-bond acceptors (Lipinski definition) is 3. The van der Waals surface area contributed by atoms with Crippen molar-refractivity contribution in [2.24, 2.45) is 0 Å². The standard InChI is InChI=1S/C29H27ClN2O2/c1-20-16-23(27(30)17-24(20)19-32-15-6-5-12-28(32)29(33)34)14-13-22-10-7-11-25(26(22)18-31)21-8-3-2-4-9-21/h2-4,7-11,13-14,16-17,28H,5-6,12,15,19H2,1H3,(H,33,34). The highest BCUT2D eigenvalue weighted by Crippen LogP contribution is 2.29. The zero-order chi connectivity index (χ0) is 24.1. The lowest BCUT2D eigenvalue weighted by Crippen LogP contribution is -2.44. The summed E-state index contributed by atoms with van der Waals surface area (Å²) in [6.45, 7) is 3.38. The molecular formula is C29H27ClN2O2. The molecule has 0 aliphatic carbocycles. The van der Waals surface area contributed by atoms with E-state index >= 15 is 0 Å². The Morgan fingerprint density at radius 2 is 1.88 bits per heavy atom. The van der Waals surface area contributed by atoms with Gasteiger partial charge in [0, 0.05) is 17.1 Å². The molecule has 3 aromatic carbocycles. The fourth-order valence-electron chi connectivity index (χ4n) is 4.59. The van der Waals surface area contributed by atoms with Crippen LogP contribution in [0.15, 0.2) is 60.7 Å². The van der Waals surface area contributed by atoms with E-state index in [2.05, 4.69) is 6.07 Å². The molecule has 0 amide bonds. The highest BCUT2D eigenvalue weighted by molar-refractivity contribution is 6.32. The molecule has 0 radical (unpaired) electrons. The number of aryl methyl sites for hydroxylation is 1. The van der Waals surface area contributed by atoms with Crippen LogP contribution in [0.3, 0.4) is 0 Å². The van der Waals surface area contributed by atoms with Crippen molar-refractivity contribution in [2.75, 3.05) is 6.54 Å². The highest BCUT2D eigenvalue weighted by atomic mass is 35.5. The number of benzene rings is 3. The number of carboxylic acid groups (broad SMARTS) is 1. The molecule has 1 aliphatic heterocycles. The van der Waals surface area contributed by atoms with Gasteiger partial charge in [0.1, 0.15) is 12.1 Å². The van der Waals surface area contributed by atoms with E-state index in [-0.39, 0.29) is 0 Å². The second kappa shape index (κ2) is 10.7. The van der Waals surface area contributed by atoms with E-state index in [1.54, 1.807) is 0 Å². The van der Waals surface area contributed by atoms with Crippen LogP contribution in [0, 0.1) is 18.3 Å². The first-order valence-electron chi connectivity index (χ1n) is 11.5. The molecule has 172 valence electrons. The van der Waals surface area contributed by atoms with Crippen molar-refractivity contribution in [1.29, 1.82) is 5.26 Å². The number of carboxylic acids is 1. The Labute approximate surface area is 205 Å². The summed E-state index contributed by atoms with van der Waals surface area (Å²) in [5.41, 5.74) is 6.34. The highest BCUT2D eigenvalue weighted by Gasteiger charge is 2.28. The maximum atomic E-state index is 11.6. The fourth-order valence-corrected chi connectivity index (χ4v) is 4.84. The molecule has 4 nitrogen and oxygen atoms in total. The lowest BCUT2D eigenvalue weighted by Gasteiger charge is -2.33. The third-order valence-electron chi connectivity index (χ3n) is 6.46. The summed E-state index contributed by atoms with van der Waals surface area (Å²) in [7, 11) is 0. The Morgan fingerprint density at radius 3 is 2.62 bits per heavy atom. The average Bonchev–Trinajstić information content (AvgIpc) is 2.85. The van der Waals surface area contributed by atoms with Crippen molar-refractivity contribution < 1.29 is 9.90 Å². The summed E-state index contributed by atoms with van der Waals surface area (Å²) in [4.78, 5) is 13.7.